The molecule has 6 heteroatoms. The minimum absolute atomic E-state index is 0.109. The third-order valence-electron chi connectivity index (χ3n) is 2.55. The van der Waals surface area contributed by atoms with Crippen LogP contribution in [0.2, 0.25) is 0 Å². The molecule has 0 aliphatic heterocycles. The van der Waals surface area contributed by atoms with Crippen molar-refractivity contribution in [2.24, 2.45) is 5.73 Å². The van der Waals surface area contributed by atoms with Crippen molar-refractivity contribution in [3.05, 3.63) is 22.4 Å². The second kappa shape index (κ2) is 5.77. The van der Waals surface area contributed by atoms with E-state index in [2.05, 4.69) is 0 Å². The van der Waals surface area contributed by atoms with E-state index in [1.165, 1.54) is 4.31 Å². The van der Waals surface area contributed by atoms with Crippen LogP contribution in [0.5, 0.6) is 0 Å². The van der Waals surface area contributed by atoms with Crippen molar-refractivity contribution in [1.29, 1.82) is 0 Å². The zero-order chi connectivity index (χ0) is 12.2. The van der Waals surface area contributed by atoms with Gasteiger partial charge in [0.15, 0.2) is 0 Å². The van der Waals surface area contributed by atoms with E-state index >= 15 is 0 Å². The Labute approximate surface area is 101 Å². The average molecular weight is 262 g/mol. The van der Waals surface area contributed by atoms with Gasteiger partial charge in [-0.1, -0.05) is 6.07 Å². The van der Waals surface area contributed by atoms with Crippen molar-refractivity contribution < 1.29 is 8.42 Å². The molecule has 0 radical (unpaired) electrons. The Morgan fingerprint density at radius 3 is 2.75 bits per heavy atom. The summed E-state index contributed by atoms with van der Waals surface area (Å²) >= 11 is 1.57. The van der Waals surface area contributed by atoms with E-state index in [1.807, 2.05) is 24.4 Å². The van der Waals surface area contributed by atoms with Gasteiger partial charge >= 0.3 is 0 Å². The molecule has 0 aliphatic rings. The predicted octanol–water partition coefficient (Wildman–Crippen LogP) is 1.42. The number of nitrogens with two attached hydrogens (primary N) is 1. The van der Waals surface area contributed by atoms with Gasteiger partial charge in [-0.25, -0.2) is 8.42 Å². The molecular weight excluding hydrogens is 244 g/mol. The van der Waals surface area contributed by atoms with Gasteiger partial charge in [-0.3, -0.25) is 0 Å². The summed E-state index contributed by atoms with van der Waals surface area (Å²) < 4.78 is 25.2. The Balaban J connectivity index is 2.73. The molecule has 1 aromatic heterocycles. The number of rotatable bonds is 6. The summed E-state index contributed by atoms with van der Waals surface area (Å²) in [4.78, 5) is 1.05. The van der Waals surface area contributed by atoms with Gasteiger partial charge in [0.1, 0.15) is 0 Å². The molecule has 4 nitrogen and oxygen atoms in total. The van der Waals surface area contributed by atoms with Crippen LogP contribution in [-0.4, -0.2) is 32.1 Å². The van der Waals surface area contributed by atoms with Gasteiger partial charge in [-0.15, -0.1) is 11.3 Å². The van der Waals surface area contributed by atoms with Gasteiger partial charge in [0.05, 0.1) is 11.8 Å². The van der Waals surface area contributed by atoms with Crippen molar-refractivity contribution in [2.45, 2.75) is 19.4 Å². The van der Waals surface area contributed by atoms with E-state index in [0.717, 1.165) is 4.88 Å². The lowest BCUT2D eigenvalue weighted by Crippen LogP contribution is -2.32. The first-order chi connectivity index (χ1) is 7.49. The smallest absolute Gasteiger partial charge is 0.214 e. The Bertz CT molecular complexity index is 400. The summed E-state index contributed by atoms with van der Waals surface area (Å²) in [7, 11) is -1.57. The van der Waals surface area contributed by atoms with Gasteiger partial charge in [0.25, 0.3) is 0 Å². The number of nitrogens with zero attached hydrogens (tertiary/aromatic N) is 1. The fourth-order valence-electron chi connectivity index (χ4n) is 1.36. The number of hydrogen-bond acceptors (Lipinski definition) is 4. The van der Waals surface area contributed by atoms with Crippen LogP contribution in [0.3, 0.4) is 0 Å². The van der Waals surface area contributed by atoms with E-state index in [0.29, 0.717) is 13.0 Å². The predicted molar refractivity (Wildman–Crippen MR) is 68.0 cm³/mol. The van der Waals surface area contributed by atoms with Gasteiger partial charge in [-0.05, 0) is 31.3 Å². The van der Waals surface area contributed by atoms with Crippen molar-refractivity contribution >= 4 is 21.4 Å². The molecular formula is C10H18N2O2S2. The maximum Gasteiger partial charge on any atom is 0.214 e. The minimum atomic E-state index is -3.19. The van der Waals surface area contributed by atoms with Crippen LogP contribution >= 0.6 is 11.3 Å². The first-order valence-corrected chi connectivity index (χ1v) is 7.67. The monoisotopic (exact) mass is 262 g/mol. The standard InChI is InChI=1S/C10H18N2O2S2/c1-9(10-5-3-7-15-10)12(2)16(13,14)8-4-6-11/h3,5,7,9H,4,6,8,11H2,1-2H3. The third-order valence-corrected chi connectivity index (χ3v) is 5.59. The number of sulfonamides is 1. The molecule has 1 aromatic rings. The number of hydrogen-bond donors (Lipinski definition) is 1. The lowest BCUT2D eigenvalue weighted by molar-refractivity contribution is 0.402. The Morgan fingerprint density at radius 1 is 1.56 bits per heavy atom. The van der Waals surface area contributed by atoms with Crippen molar-refractivity contribution in [3.8, 4) is 0 Å². The SMILES string of the molecule is CC(c1cccs1)N(C)S(=O)(=O)CCCN. The van der Waals surface area contributed by atoms with Crippen LogP contribution < -0.4 is 5.73 Å². The molecule has 2 N–H and O–H groups in total. The van der Waals surface area contributed by atoms with Gasteiger partial charge in [-0.2, -0.15) is 4.31 Å². The average Bonchev–Trinajstić information content (AvgIpc) is 2.77. The Kier molecular flexibility index (Phi) is 4.91. The normalized spacial score (nSPS) is 14.2. The zero-order valence-electron chi connectivity index (χ0n) is 9.59. The van der Waals surface area contributed by atoms with E-state index in [9.17, 15) is 8.42 Å². The van der Waals surface area contributed by atoms with Crippen LogP contribution in [0.15, 0.2) is 17.5 Å². The van der Waals surface area contributed by atoms with E-state index in [-0.39, 0.29) is 11.8 Å². The topological polar surface area (TPSA) is 63.4 Å². The highest BCUT2D eigenvalue weighted by Crippen LogP contribution is 2.25. The summed E-state index contributed by atoms with van der Waals surface area (Å²) in [5.41, 5.74) is 5.33. The molecule has 1 rings (SSSR count). The van der Waals surface area contributed by atoms with Crippen molar-refractivity contribution in [2.75, 3.05) is 19.3 Å². The largest absolute Gasteiger partial charge is 0.330 e. The molecule has 0 bridgehead atoms. The molecule has 0 aliphatic carbocycles. The van der Waals surface area contributed by atoms with Crippen LogP contribution in [0.1, 0.15) is 24.3 Å². The summed E-state index contributed by atoms with van der Waals surface area (Å²) in [5, 5.41) is 1.95. The Morgan fingerprint density at radius 2 is 2.25 bits per heavy atom. The fraction of sp³-hybridized carbons (Fsp3) is 0.600. The minimum Gasteiger partial charge on any atom is -0.330 e. The quantitative estimate of drug-likeness (QED) is 0.843. The number of thiophene rings is 1. The second-order valence-corrected chi connectivity index (χ2v) is 6.79. The van der Waals surface area contributed by atoms with Crippen LogP contribution in [0.25, 0.3) is 0 Å². The molecule has 92 valence electrons. The maximum absolute atomic E-state index is 11.9. The highest BCUT2D eigenvalue weighted by atomic mass is 32.2. The highest BCUT2D eigenvalue weighted by molar-refractivity contribution is 7.89. The van der Waals surface area contributed by atoms with Crippen LogP contribution in [0, 0.1) is 0 Å². The van der Waals surface area contributed by atoms with Crippen LogP contribution in [0.4, 0.5) is 0 Å². The van der Waals surface area contributed by atoms with Gasteiger partial charge < -0.3 is 5.73 Å². The summed E-state index contributed by atoms with van der Waals surface area (Å²) in [6.45, 7) is 2.30. The van der Waals surface area contributed by atoms with Crippen molar-refractivity contribution in [1.82, 2.24) is 4.31 Å². The van der Waals surface area contributed by atoms with Gasteiger partial charge in [0.2, 0.25) is 10.0 Å². The molecule has 1 atom stereocenters. The van der Waals surface area contributed by atoms with E-state index < -0.39 is 10.0 Å². The Hall–Kier alpha value is -0.430. The van der Waals surface area contributed by atoms with Crippen LogP contribution in [-0.2, 0) is 10.0 Å². The molecule has 1 unspecified atom stereocenters. The highest BCUT2D eigenvalue weighted by Gasteiger charge is 2.24. The van der Waals surface area contributed by atoms with Crippen molar-refractivity contribution in [3.63, 3.8) is 0 Å². The zero-order valence-corrected chi connectivity index (χ0v) is 11.2. The first kappa shape index (κ1) is 13.6. The van der Waals surface area contributed by atoms with E-state index in [1.54, 1.807) is 18.4 Å². The molecule has 1 heterocycles. The lowest BCUT2D eigenvalue weighted by Gasteiger charge is -2.23. The summed E-state index contributed by atoms with van der Waals surface area (Å²) in [6, 6.07) is 3.77. The molecule has 0 aromatic carbocycles. The molecule has 0 spiro atoms. The first-order valence-electron chi connectivity index (χ1n) is 5.18. The molecule has 16 heavy (non-hydrogen) atoms. The second-order valence-electron chi connectivity index (χ2n) is 3.67. The molecule has 0 amide bonds. The maximum atomic E-state index is 11.9. The van der Waals surface area contributed by atoms with E-state index in [4.69, 9.17) is 5.73 Å². The summed E-state index contributed by atoms with van der Waals surface area (Å²) in [5.74, 6) is 0.121. The third kappa shape index (κ3) is 3.28. The lowest BCUT2D eigenvalue weighted by atomic mass is 10.3. The fourth-order valence-corrected chi connectivity index (χ4v) is 3.67. The molecule has 0 saturated heterocycles. The molecule has 0 saturated carbocycles. The summed E-state index contributed by atoms with van der Waals surface area (Å²) in [6.07, 6.45) is 0.504. The molecule has 0 fully saturated rings. The van der Waals surface area contributed by atoms with Gasteiger partial charge in [0, 0.05) is 11.9 Å².